The minimum Gasteiger partial charge on any atom is -0.377 e. The summed E-state index contributed by atoms with van der Waals surface area (Å²) in [4.78, 5) is 41.2. The van der Waals surface area contributed by atoms with Gasteiger partial charge in [0, 0.05) is 6.61 Å². The number of carbonyl (C=O) groups excluding carboxylic acids is 3. The van der Waals surface area contributed by atoms with Gasteiger partial charge in [-0.05, 0) is 24.0 Å². The fraction of sp³-hybridized carbons (Fsp3) is 0.438. The first-order valence-corrected chi connectivity index (χ1v) is 7.20. The van der Waals surface area contributed by atoms with Gasteiger partial charge in [0.1, 0.15) is 0 Å². The van der Waals surface area contributed by atoms with Crippen LogP contribution in [0.1, 0.15) is 47.4 Å². The van der Waals surface area contributed by atoms with Crippen molar-refractivity contribution in [2.45, 2.75) is 32.8 Å². The highest BCUT2D eigenvalue weighted by atomic mass is 16.7. The fourth-order valence-corrected chi connectivity index (χ4v) is 2.73. The van der Waals surface area contributed by atoms with Crippen LogP contribution >= 0.6 is 0 Å². The minimum atomic E-state index is -0.644. The summed E-state index contributed by atoms with van der Waals surface area (Å²) >= 11 is 0. The number of nitrogens with zero attached hydrogens (tertiary/aromatic N) is 1. The summed E-state index contributed by atoms with van der Waals surface area (Å²) in [6.07, 6.45) is 0.605. The molecule has 3 rings (SSSR count). The van der Waals surface area contributed by atoms with E-state index in [1.165, 1.54) is 12.1 Å². The van der Waals surface area contributed by atoms with E-state index < -0.39 is 17.8 Å². The maximum absolute atomic E-state index is 12.1. The molecule has 2 amide bonds. The number of carbonyl (C=O) groups is 3. The second kappa shape index (κ2) is 5.21. The van der Waals surface area contributed by atoms with Crippen molar-refractivity contribution in [3.8, 4) is 0 Å². The van der Waals surface area contributed by atoms with Crippen molar-refractivity contribution in [3.63, 3.8) is 0 Å². The number of benzene rings is 1. The molecule has 116 valence electrons. The SMILES string of the molecule is CC1(C)CCOC1CC(=O)ON1C(=O)c2ccccc2C1=O. The lowest BCUT2D eigenvalue weighted by molar-refractivity contribution is -0.172. The van der Waals surface area contributed by atoms with E-state index >= 15 is 0 Å². The molecule has 0 bridgehead atoms. The third-order valence-electron chi connectivity index (χ3n) is 4.24. The van der Waals surface area contributed by atoms with Gasteiger partial charge in [-0.15, -0.1) is 0 Å². The highest BCUT2D eigenvalue weighted by Crippen LogP contribution is 2.36. The molecule has 6 heteroatoms. The van der Waals surface area contributed by atoms with Crippen LogP contribution in [0.3, 0.4) is 0 Å². The normalized spacial score (nSPS) is 22.8. The molecular weight excluding hydrogens is 286 g/mol. The summed E-state index contributed by atoms with van der Waals surface area (Å²) in [6.45, 7) is 4.62. The van der Waals surface area contributed by atoms with Crippen LogP contribution < -0.4 is 0 Å². The van der Waals surface area contributed by atoms with E-state index in [0.29, 0.717) is 11.7 Å². The smallest absolute Gasteiger partial charge is 0.335 e. The Morgan fingerprint density at radius 3 is 2.36 bits per heavy atom. The maximum atomic E-state index is 12.1. The molecule has 1 unspecified atom stereocenters. The van der Waals surface area contributed by atoms with E-state index in [4.69, 9.17) is 9.57 Å². The first-order valence-electron chi connectivity index (χ1n) is 7.20. The van der Waals surface area contributed by atoms with Crippen LogP contribution in [0.15, 0.2) is 24.3 Å². The number of ether oxygens (including phenoxy) is 1. The van der Waals surface area contributed by atoms with Crippen LogP contribution in [0.25, 0.3) is 0 Å². The number of hydroxylamine groups is 2. The molecule has 0 saturated carbocycles. The van der Waals surface area contributed by atoms with Gasteiger partial charge < -0.3 is 9.57 Å². The lowest BCUT2D eigenvalue weighted by Gasteiger charge is -2.24. The van der Waals surface area contributed by atoms with E-state index in [2.05, 4.69) is 0 Å². The molecule has 2 aliphatic rings. The first-order chi connectivity index (χ1) is 10.4. The van der Waals surface area contributed by atoms with E-state index in [9.17, 15) is 14.4 Å². The van der Waals surface area contributed by atoms with Gasteiger partial charge in [-0.25, -0.2) is 4.79 Å². The fourth-order valence-electron chi connectivity index (χ4n) is 2.73. The molecule has 1 aromatic rings. The van der Waals surface area contributed by atoms with Gasteiger partial charge in [-0.2, -0.15) is 0 Å². The van der Waals surface area contributed by atoms with Gasteiger partial charge in [-0.1, -0.05) is 31.0 Å². The maximum Gasteiger partial charge on any atom is 0.335 e. The Balaban J connectivity index is 1.68. The molecule has 2 aliphatic heterocycles. The summed E-state index contributed by atoms with van der Waals surface area (Å²) in [5, 5.41) is 0.537. The van der Waals surface area contributed by atoms with Crippen LogP contribution in [0.2, 0.25) is 0 Å². The molecule has 6 nitrogen and oxygen atoms in total. The quantitative estimate of drug-likeness (QED) is 0.798. The Hall–Kier alpha value is -2.21. The molecule has 0 spiro atoms. The van der Waals surface area contributed by atoms with Gasteiger partial charge in [0.25, 0.3) is 11.8 Å². The average molecular weight is 303 g/mol. The number of rotatable bonds is 3. The molecule has 22 heavy (non-hydrogen) atoms. The van der Waals surface area contributed by atoms with Crippen molar-refractivity contribution in [3.05, 3.63) is 35.4 Å². The third kappa shape index (κ3) is 2.39. The number of fused-ring (bicyclic) bond motifs is 1. The molecule has 0 aromatic heterocycles. The Morgan fingerprint density at radius 2 is 1.86 bits per heavy atom. The van der Waals surface area contributed by atoms with E-state index in [0.717, 1.165) is 6.42 Å². The van der Waals surface area contributed by atoms with Crippen molar-refractivity contribution in [1.82, 2.24) is 5.06 Å². The predicted molar refractivity (Wildman–Crippen MR) is 75.8 cm³/mol. The van der Waals surface area contributed by atoms with Gasteiger partial charge in [0.05, 0.1) is 23.7 Å². The van der Waals surface area contributed by atoms with Crippen LogP contribution in [0.5, 0.6) is 0 Å². The third-order valence-corrected chi connectivity index (χ3v) is 4.24. The number of hydrogen-bond acceptors (Lipinski definition) is 5. The van der Waals surface area contributed by atoms with Crippen molar-refractivity contribution in [2.75, 3.05) is 6.61 Å². The summed E-state index contributed by atoms with van der Waals surface area (Å²) in [5.41, 5.74) is 0.372. The summed E-state index contributed by atoms with van der Waals surface area (Å²) in [5.74, 6) is -1.87. The molecule has 2 heterocycles. The molecule has 0 radical (unpaired) electrons. The number of imide groups is 1. The second-order valence-electron chi connectivity index (χ2n) is 6.22. The van der Waals surface area contributed by atoms with Crippen LogP contribution in [-0.4, -0.2) is 35.6 Å². The zero-order valence-electron chi connectivity index (χ0n) is 12.5. The Morgan fingerprint density at radius 1 is 1.27 bits per heavy atom. The second-order valence-corrected chi connectivity index (χ2v) is 6.22. The number of amides is 2. The Kier molecular flexibility index (Phi) is 3.48. The van der Waals surface area contributed by atoms with Gasteiger partial charge in [0.15, 0.2) is 0 Å². The van der Waals surface area contributed by atoms with E-state index in [1.54, 1.807) is 12.1 Å². The van der Waals surface area contributed by atoms with Crippen LogP contribution in [-0.2, 0) is 14.4 Å². The Labute approximate surface area is 127 Å². The molecule has 1 fully saturated rings. The minimum absolute atomic E-state index is 0.0143. The highest BCUT2D eigenvalue weighted by molar-refractivity contribution is 6.20. The molecule has 1 saturated heterocycles. The lowest BCUT2D eigenvalue weighted by Crippen LogP contribution is -2.35. The van der Waals surface area contributed by atoms with Crippen molar-refractivity contribution >= 4 is 17.8 Å². The molecule has 1 atom stereocenters. The molecule has 1 aromatic carbocycles. The number of hydrogen-bond donors (Lipinski definition) is 0. The zero-order chi connectivity index (χ0) is 15.9. The van der Waals surface area contributed by atoms with E-state index in [-0.39, 0.29) is 29.1 Å². The highest BCUT2D eigenvalue weighted by Gasteiger charge is 2.41. The molecule has 0 aliphatic carbocycles. The Bertz CT molecular complexity index is 617. The lowest BCUT2D eigenvalue weighted by atomic mass is 9.84. The van der Waals surface area contributed by atoms with Crippen molar-refractivity contribution in [1.29, 1.82) is 0 Å². The van der Waals surface area contributed by atoms with Crippen LogP contribution in [0.4, 0.5) is 0 Å². The summed E-state index contributed by atoms with van der Waals surface area (Å²) < 4.78 is 5.53. The van der Waals surface area contributed by atoms with E-state index in [1.807, 2.05) is 13.8 Å². The van der Waals surface area contributed by atoms with Gasteiger partial charge in [0.2, 0.25) is 0 Å². The first kappa shape index (κ1) is 14.7. The van der Waals surface area contributed by atoms with Crippen molar-refractivity contribution < 1.29 is 24.0 Å². The van der Waals surface area contributed by atoms with Gasteiger partial charge >= 0.3 is 5.97 Å². The summed E-state index contributed by atoms with van der Waals surface area (Å²) in [7, 11) is 0. The monoisotopic (exact) mass is 303 g/mol. The van der Waals surface area contributed by atoms with Gasteiger partial charge in [-0.3, -0.25) is 9.59 Å². The zero-order valence-corrected chi connectivity index (χ0v) is 12.5. The average Bonchev–Trinajstić information content (AvgIpc) is 2.92. The predicted octanol–water partition coefficient (Wildman–Crippen LogP) is 1.95. The summed E-state index contributed by atoms with van der Waals surface area (Å²) in [6, 6.07) is 6.38. The van der Waals surface area contributed by atoms with Crippen molar-refractivity contribution in [2.24, 2.45) is 5.41 Å². The molecular formula is C16H17NO5. The largest absolute Gasteiger partial charge is 0.377 e. The molecule has 0 N–H and O–H groups in total. The topological polar surface area (TPSA) is 72.9 Å². The van der Waals surface area contributed by atoms with Crippen LogP contribution in [0, 0.1) is 5.41 Å². The standard InChI is InChI=1S/C16H17NO5/c1-16(2)7-8-21-12(16)9-13(18)22-17-14(19)10-5-3-4-6-11(10)15(17)20/h3-6,12H,7-9H2,1-2H3.